The minimum atomic E-state index is -4.35. The highest BCUT2D eigenvalue weighted by atomic mass is 19.4. The molecule has 0 aliphatic rings. The molecule has 2 rings (SSSR count). The number of benzene rings is 1. The van der Waals surface area contributed by atoms with Crippen LogP contribution in [0, 0.1) is 0 Å². The van der Waals surface area contributed by atoms with Crippen LogP contribution in [0.4, 0.5) is 13.2 Å². The van der Waals surface area contributed by atoms with E-state index in [-0.39, 0.29) is 6.17 Å². The summed E-state index contributed by atoms with van der Waals surface area (Å²) in [7, 11) is 0. The first-order valence-electron chi connectivity index (χ1n) is 4.53. The average molecular weight is 214 g/mol. The van der Waals surface area contributed by atoms with Crippen LogP contribution in [-0.4, -0.2) is 15.0 Å². The smallest absolute Gasteiger partial charge is 0.221 e. The summed E-state index contributed by atoms with van der Waals surface area (Å²) in [6.07, 6.45) is -3.08. The normalized spacial score (nSPS) is 12.6. The van der Waals surface area contributed by atoms with Crippen molar-refractivity contribution in [3.05, 3.63) is 42.2 Å². The van der Waals surface area contributed by atoms with Gasteiger partial charge in [-0.3, -0.25) is 0 Å². The van der Waals surface area contributed by atoms with Gasteiger partial charge in [0.05, 0.1) is 25.0 Å². The number of rotatable bonds is 1. The molecule has 1 aromatic heterocycles. The SMILES string of the molecule is [2H]c1cn(-c2ccc(C(F)(F)F)cc2)nn1. The molecule has 2 aromatic rings. The van der Waals surface area contributed by atoms with Crippen LogP contribution in [0.15, 0.2) is 36.6 Å². The molecule has 78 valence electrons. The van der Waals surface area contributed by atoms with Crippen LogP contribution < -0.4 is 0 Å². The molecule has 0 N–H and O–H groups in total. The Labute approximate surface area is 84.6 Å². The molecule has 0 aliphatic heterocycles. The second-order valence-electron chi connectivity index (χ2n) is 2.84. The fourth-order valence-electron chi connectivity index (χ4n) is 1.11. The highest BCUT2D eigenvalue weighted by molar-refractivity contribution is 5.34. The molecule has 15 heavy (non-hydrogen) atoms. The van der Waals surface area contributed by atoms with Crippen molar-refractivity contribution >= 4 is 0 Å². The van der Waals surface area contributed by atoms with E-state index in [9.17, 15) is 13.2 Å². The first-order valence-corrected chi connectivity index (χ1v) is 4.03. The van der Waals surface area contributed by atoms with Gasteiger partial charge in [-0.2, -0.15) is 13.2 Å². The molecule has 0 aliphatic carbocycles. The van der Waals surface area contributed by atoms with Gasteiger partial charge in [-0.15, -0.1) is 5.10 Å². The molecule has 0 atom stereocenters. The topological polar surface area (TPSA) is 30.7 Å². The molecular weight excluding hydrogens is 207 g/mol. The zero-order chi connectivity index (χ0) is 11.8. The van der Waals surface area contributed by atoms with Gasteiger partial charge in [-0.1, -0.05) is 5.21 Å². The molecule has 1 heterocycles. The van der Waals surface area contributed by atoms with Gasteiger partial charge in [0.25, 0.3) is 0 Å². The molecule has 0 saturated heterocycles. The summed E-state index contributed by atoms with van der Waals surface area (Å²) in [5, 5.41) is 7.00. The zero-order valence-corrected chi connectivity index (χ0v) is 7.36. The Morgan fingerprint density at radius 1 is 1.20 bits per heavy atom. The third kappa shape index (κ3) is 1.98. The molecule has 0 radical (unpaired) electrons. The Morgan fingerprint density at radius 3 is 2.33 bits per heavy atom. The number of hydrogen-bond donors (Lipinski definition) is 0. The summed E-state index contributed by atoms with van der Waals surface area (Å²) >= 11 is 0. The Bertz CT molecular complexity index is 489. The first kappa shape index (κ1) is 8.46. The lowest BCUT2D eigenvalue weighted by molar-refractivity contribution is -0.137. The Kier molecular flexibility index (Phi) is 1.90. The summed E-state index contributed by atoms with van der Waals surface area (Å²) < 4.78 is 45.2. The summed E-state index contributed by atoms with van der Waals surface area (Å²) in [4.78, 5) is 0. The standard InChI is InChI=1S/C9H6F3N3/c10-9(11,12)7-1-3-8(4-2-7)15-6-5-13-14-15/h1-6H/i5D. The third-order valence-electron chi connectivity index (χ3n) is 1.84. The number of alkyl halides is 3. The second-order valence-corrected chi connectivity index (χ2v) is 2.84. The largest absolute Gasteiger partial charge is 0.416 e. The number of nitrogens with zero attached hydrogens (tertiary/aromatic N) is 3. The van der Waals surface area contributed by atoms with E-state index in [0.717, 1.165) is 12.1 Å². The van der Waals surface area contributed by atoms with Gasteiger partial charge in [0, 0.05) is 0 Å². The van der Waals surface area contributed by atoms with Crippen LogP contribution in [-0.2, 0) is 6.18 Å². The predicted molar refractivity (Wildman–Crippen MR) is 46.4 cm³/mol. The molecule has 3 nitrogen and oxygen atoms in total. The van der Waals surface area contributed by atoms with Crippen LogP contribution in [0.1, 0.15) is 6.93 Å². The highest BCUT2D eigenvalue weighted by Crippen LogP contribution is 2.29. The summed E-state index contributed by atoms with van der Waals surface area (Å²) in [5.74, 6) is 0. The van der Waals surface area contributed by atoms with Crippen molar-refractivity contribution in [2.24, 2.45) is 0 Å². The maximum atomic E-state index is 12.3. The lowest BCUT2D eigenvalue weighted by Gasteiger charge is -2.06. The van der Waals surface area contributed by atoms with E-state index in [0.29, 0.717) is 5.69 Å². The molecular formula is C9H6F3N3. The van der Waals surface area contributed by atoms with E-state index < -0.39 is 11.7 Å². The Hall–Kier alpha value is -1.85. The fraction of sp³-hybridized carbons (Fsp3) is 0.111. The Balaban J connectivity index is 2.33. The van der Waals surface area contributed by atoms with Crippen molar-refractivity contribution in [1.29, 1.82) is 0 Å². The minimum absolute atomic E-state index is 0.0418. The molecule has 0 spiro atoms. The zero-order valence-electron chi connectivity index (χ0n) is 8.36. The maximum absolute atomic E-state index is 12.3. The predicted octanol–water partition coefficient (Wildman–Crippen LogP) is 2.29. The summed E-state index contributed by atoms with van der Waals surface area (Å²) in [6.45, 7) is 0. The minimum Gasteiger partial charge on any atom is -0.221 e. The average Bonchev–Trinajstić information content (AvgIpc) is 2.64. The second kappa shape index (κ2) is 3.38. The molecule has 1 aromatic carbocycles. The van der Waals surface area contributed by atoms with Crippen molar-refractivity contribution in [3.63, 3.8) is 0 Å². The van der Waals surface area contributed by atoms with Crippen molar-refractivity contribution < 1.29 is 14.5 Å². The van der Waals surface area contributed by atoms with E-state index in [4.69, 9.17) is 1.37 Å². The van der Waals surface area contributed by atoms with Crippen molar-refractivity contribution in [3.8, 4) is 5.69 Å². The van der Waals surface area contributed by atoms with E-state index in [2.05, 4.69) is 10.3 Å². The van der Waals surface area contributed by atoms with E-state index >= 15 is 0 Å². The van der Waals surface area contributed by atoms with E-state index in [1.165, 1.54) is 23.0 Å². The van der Waals surface area contributed by atoms with Crippen LogP contribution in [0.25, 0.3) is 5.69 Å². The lowest BCUT2D eigenvalue weighted by atomic mass is 10.2. The van der Waals surface area contributed by atoms with Gasteiger partial charge >= 0.3 is 6.18 Å². The van der Waals surface area contributed by atoms with Crippen molar-refractivity contribution in [2.75, 3.05) is 0 Å². The third-order valence-corrected chi connectivity index (χ3v) is 1.84. The van der Waals surface area contributed by atoms with Gasteiger partial charge in [0.1, 0.15) is 0 Å². The Morgan fingerprint density at radius 2 is 1.87 bits per heavy atom. The first-order chi connectivity index (χ1) is 7.47. The van der Waals surface area contributed by atoms with E-state index in [1.54, 1.807) is 0 Å². The quantitative estimate of drug-likeness (QED) is 0.729. The van der Waals surface area contributed by atoms with Gasteiger partial charge in [0.15, 0.2) is 0 Å². The number of halogens is 3. The van der Waals surface area contributed by atoms with Crippen molar-refractivity contribution in [1.82, 2.24) is 15.0 Å². The van der Waals surface area contributed by atoms with Gasteiger partial charge in [0.2, 0.25) is 0 Å². The van der Waals surface area contributed by atoms with Crippen molar-refractivity contribution in [2.45, 2.75) is 6.18 Å². The van der Waals surface area contributed by atoms with Crippen LogP contribution in [0.2, 0.25) is 0 Å². The number of hydrogen-bond acceptors (Lipinski definition) is 2. The summed E-state index contributed by atoms with van der Waals surface area (Å²) in [6, 6.07) is 4.47. The van der Waals surface area contributed by atoms with Gasteiger partial charge in [-0.05, 0) is 24.3 Å². The molecule has 0 saturated carbocycles. The summed E-state index contributed by atoms with van der Waals surface area (Å²) in [5.41, 5.74) is -0.290. The molecule has 6 heteroatoms. The van der Waals surface area contributed by atoms with Crippen LogP contribution in [0.5, 0.6) is 0 Å². The number of aromatic nitrogens is 3. The highest BCUT2D eigenvalue weighted by Gasteiger charge is 2.29. The molecule has 0 fully saturated rings. The fourth-order valence-corrected chi connectivity index (χ4v) is 1.11. The van der Waals surface area contributed by atoms with Crippen LogP contribution >= 0.6 is 0 Å². The molecule has 0 amide bonds. The van der Waals surface area contributed by atoms with Gasteiger partial charge in [-0.25, -0.2) is 4.68 Å². The van der Waals surface area contributed by atoms with E-state index in [1.807, 2.05) is 0 Å². The van der Waals surface area contributed by atoms with Gasteiger partial charge < -0.3 is 0 Å². The molecule has 0 unspecified atom stereocenters. The van der Waals surface area contributed by atoms with Crippen LogP contribution in [0.3, 0.4) is 0 Å². The molecule has 0 bridgehead atoms. The monoisotopic (exact) mass is 214 g/mol. The lowest BCUT2D eigenvalue weighted by Crippen LogP contribution is -2.05. The maximum Gasteiger partial charge on any atom is 0.416 e.